The third-order valence-electron chi connectivity index (χ3n) is 2.58. The highest BCUT2D eigenvalue weighted by atomic mass is 32.2. The Balaban J connectivity index is 2.76. The van der Waals surface area contributed by atoms with Gasteiger partial charge in [-0.3, -0.25) is 0 Å². The van der Waals surface area contributed by atoms with Crippen molar-refractivity contribution in [3.63, 3.8) is 0 Å². The first-order valence-electron chi connectivity index (χ1n) is 4.41. The van der Waals surface area contributed by atoms with Crippen LogP contribution in [0.15, 0.2) is 0 Å². The van der Waals surface area contributed by atoms with E-state index in [2.05, 4.69) is 0 Å². The minimum Gasteiger partial charge on any atom is -0.393 e. The summed E-state index contributed by atoms with van der Waals surface area (Å²) in [4.78, 5) is 0.251. The first kappa shape index (κ1) is 11.9. The number of rotatable bonds is 5. The molecular weight excluding hydrogens is 222 g/mol. The van der Waals surface area contributed by atoms with E-state index in [1.165, 1.54) is 6.26 Å². The van der Waals surface area contributed by atoms with Gasteiger partial charge in [-0.1, -0.05) is 12.2 Å². The summed E-state index contributed by atoms with van der Waals surface area (Å²) in [6.07, 6.45) is 1.71. The summed E-state index contributed by atoms with van der Waals surface area (Å²) in [7, 11) is -3.06. The minimum absolute atomic E-state index is 0.251. The first-order valence-corrected chi connectivity index (χ1v) is 6.77. The highest BCUT2D eigenvalue weighted by molar-refractivity contribution is 7.91. The van der Waals surface area contributed by atoms with Crippen molar-refractivity contribution < 1.29 is 13.2 Å². The predicted molar refractivity (Wildman–Crippen MR) is 59.0 cm³/mol. The molecule has 82 valence electrons. The van der Waals surface area contributed by atoms with Gasteiger partial charge in [-0.25, -0.2) is 8.42 Å². The van der Waals surface area contributed by atoms with Gasteiger partial charge in [0.05, 0.1) is 22.3 Å². The Hall–Kier alpha value is -0.200. The van der Waals surface area contributed by atoms with Crippen LogP contribution in [0, 0.1) is 5.41 Å². The van der Waals surface area contributed by atoms with Crippen LogP contribution in [-0.4, -0.2) is 38.1 Å². The Morgan fingerprint density at radius 1 is 1.71 bits per heavy atom. The lowest BCUT2D eigenvalue weighted by Crippen LogP contribution is -2.32. The number of hydrogen-bond donors (Lipinski definition) is 1. The zero-order valence-corrected chi connectivity index (χ0v) is 9.95. The molecule has 0 aliphatic heterocycles. The van der Waals surface area contributed by atoms with Gasteiger partial charge < -0.3 is 10.5 Å². The van der Waals surface area contributed by atoms with E-state index in [0.29, 0.717) is 19.6 Å². The van der Waals surface area contributed by atoms with Crippen LogP contribution in [0.4, 0.5) is 0 Å². The van der Waals surface area contributed by atoms with Crippen LogP contribution in [0.1, 0.15) is 13.3 Å². The summed E-state index contributed by atoms with van der Waals surface area (Å²) in [6, 6.07) is 0. The second-order valence-electron chi connectivity index (χ2n) is 3.68. The molecule has 1 aliphatic rings. The quantitative estimate of drug-likeness (QED) is 0.687. The molecule has 0 heterocycles. The van der Waals surface area contributed by atoms with Gasteiger partial charge in [-0.2, -0.15) is 0 Å². The Labute approximate surface area is 89.7 Å². The standard InChI is InChI=1S/C8H15NO3S2/c1-3-12-5-8(7(9)13)4-6(8)14(2,10)11/h6H,3-5H2,1-2H3,(H2,9,13)/t6-,8-/m0/s1. The molecule has 0 radical (unpaired) electrons. The molecular formula is C8H15NO3S2. The minimum atomic E-state index is -3.06. The molecule has 1 aliphatic carbocycles. The van der Waals surface area contributed by atoms with Gasteiger partial charge in [0, 0.05) is 12.9 Å². The third kappa shape index (κ3) is 2.07. The van der Waals surface area contributed by atoms with Crippen LogP contribution in [0.5, 0.6) is 0 Å². The van der Waals surface area contributed by atoms with Gasteiger partial charge in [0.1, 0.15) is 0 Å². The summed E-state index contributed by atoms with van der Waals surface area (Å²) < 4.78 is 27.8. The SMILES string of the molecule is CCOC[C@@]1(C(N)=S)C[C@@H]1S(C)(=O)=O. The van der Waals surface area contributed by atoms with Crippen LogP contribution in [0.3, 0.4) is 0 Å². The van der Waals surface area contributed by atoms with Gasteiger partial charge in [0.25, 0.3) is 0 Å². The van der Waals surface area contributed by atoms with Crippen molar-refractivity contribution in [2.75, 3.05) is 19.5 Å². The summed E-state index contributed by atoms with van der Waals surface area (Å²) in [6.45, 7) is 2.71. The topological polar surface area (TPSA) is 69.4 Å². The zero-order valence-electron chi connectivity index (χ0n) is 8.32. The maximum Gasteiger partial charge on any atom is 0.151 e. The van der Waals surface area contributed by atoms with Crippen molar-refractivity contribution >= 4 is 27.0 Å². The van der Waals surface area contributed by atoms with Gasteiger partial charge in [-0.15, -0.1) is 0 Å². The number of hydrogen-bond acceptors (Lipinski definition) is 4. The second kappa shape index (κ2) is 3.75. The Kier molecular flexibility index (Phi) is 3.18. The average molecular weight is 237 g/mol. The highest BCUT2D eigenvalue weighted by Gasteiger charge is 2.62. The lowest BCUT2D eigenvalue weighted by Gasteiger charge is -2.14. The van der Waals surface area contributed by atoms with E-state index < -0.39 is 20.5 Å². The van der Waals surface area contributed by atoms with Crippen LogP contribution in [0.2, 0.25) is 0 Å². The molecule has 0 bridgehead atoms. The normalized spacial score (nSPS) is 31.4. The van der Waals surface area contributed by atoms with Gasteiger partial charge in [-0.05, 0) is 13.3 Å². The summed E-state index contributed by atoms with van der Waals surface area (Å²) in [5, 5.41) is -0.445. The van der Waals surface area contributed by atoms with Crippen LogP contribution in [0.25, 0.3) is 0 Å². The highest BCUT2D eigenvalue weighted by Crippen LogP contribution is 2.51. The van der Waals surface area contributed by atoms with Crippen LogP contribution >= 0.6 is 12.2 Å². The van der Waals surface area contributed by atoms with Crippen LogP contribution in [-0.2, 0) is 14.6 Å². The first-order chi connectivity index (χ1) is 6.34. The van der Waals surface area contributed by atoms with Crippen molar-refractivity contribution in [3.05, 3.63) is 0 Å². The number of thiocarbonyl (C=S) groups is 1. The zero-order chi connectivity index (χ0) is 11.0. The number of ether oxygens (including phenoxy) is 1. The van der Waals surface area contributed by atoms with Gasteiger partial charge >= 0.3 is 0 Å². The average Bonchev–Trinajstić information content (AvgIpc) is 2.75. The van der Waals surface area contributed by atoms with Crippen molar-refractivity contribution in [1.82, 2.24) is 0 Å². The molecule has 1 fully saturated rings. The molecule has 0 spiro atoms. The molecule has 2 atom stereocenters. The van der Waals surface area contributed by atoms with E-state index >= 15 is 0 Å². The fourth-order valence-corrected chi connectivity index (χ4v) is 3.57. The number of sulfone groups is 1. The smallest absolute Gasteiger partial charge is 0.151 e. The van der Waals surface area contributed by atoms with E-state index in [-0.39, 0.29) is 4.99 Å². The van der Waals surface area contributed by atoms with Crippen molar-refractivity contribution in [3.8, 4) is 0 Å². The Morgan fingerprint density at radius 3 is 2.57 bits per heavy atom. The van der Waals surface area contributed by atoms with E-state index in [0.717, 1.165) is 0 Å². The molecule has 0 saturated heterocycles. The summed E-state index contributed by atoms with van der Waals surface area (Å²) in [5.41, 5.74) is 4.95. The predicted octanol–water partition coefficient (Wildman–Crippen LogP) is 0.112. The molecule has 14 heavy (non-hydrogen) atoms. The molecule has 6 heteroatoms. The molecule has 2 N–H and O–H groups in total. The van der Waals surface area contributed by atoms with Crippen LogP contribution < -0.4 is 5.73 Å². The van der Waals surface area contributed by atoms with E-state index in [9.17, 15) is 8.42 Å². The molecule has 0 amide bonds. The fourth-order valence-electron chi connectivity index (χ4n) is 1.60. The molecule has 1 rings (SSSR count). The lowest BCUT2D eigenvalue weighted by molar-refractivity contribution is 0.123. The molecule has 4 nitrogen and oxygen atoms in total. The fraction of sp³-hybridized carbons (Fsp3) is 0.875. The molecule has 0 aromatic rings. The van der Waals surface area contributed by atoms with E-state index in [1.54, 1.807) is 0 Å². The third-order valence-corrected chi connectivity index (χ3v) is 4.64. The largest absolute Gasteiger partial charge is 0.393 e. The monoisotopic (exact) mass is 237 g/mol. The van der Waals surface area contributed by atoms with E-state index in [1.807, 2.05) is 6.92 Å². The van der Waals surface area contributed by atoms with Gasteiger partial charge in [0.15, 0.2) is 9.84 Å². The van der Waals surface area contributed by atoms with Crippen molar-refractivity contribution in [1.29, 1.82) is 0 Å². The van der Waals surface area contributed by atoms with Crippen molar-refractivity contribution in [2.24, 2.45) is 11.1 Å². The Morgan fingerprint density at radius 2 is 2.29 bits per heavy atom. The van der Waals surface area contributed by atoms with Crippen molar-refractivity contribution in [2.45, 2.75) is 18.6 Å². The second-order valence-corrected chi connectivity index (χ2v) is 6.35. The Bertz CT molecular complexity index is 338. The molecule has 1 saturated carbocycles. The van der Waals surface area contributed by atoms with Gasteiger partial charge in [0.2, 0.25) is 0 Å². The maximum absolute atomic E-state index is 11.3. The molecule has 0 aromatic heterocycles. The summed E-state index contributed by atoms with van der Waals surface area (Å²) in [5.74, 6) is 0. The maximum atomic E-state index is 11.3. The summed E-state index contributed by atoms with van der Waals surface area (Å²) >= 11 is 4.89. The lowest BCUT2D eigenvalue weighted by atomic mass is 10.1. The number of nitrogens with two attached hydrogens (primary N) is 1. The molecule has 0 unspecified atom stereocenters. The van der Waals surface area contributed by atoms with E-state index in [4.69, 9.17) is 22.7 Å². The molecule has 0 aromatic carbocycles.